The number of hydrogen-bond acceptors (Lipinski definition) is 5. The Morgan fingerprint density at radius 2 is 2.00 bits per heavy atom. The maximum atomic E-state index is 14.0. The fraction of sp³-hybridized carbons (Fsp3) is 0.429. The first kappa shape index (κ1) is 16.3. The topological polar surface area (TPSA) is 83.8 Å². The Labute approximate surface area is 116 Å². The lowest BCUT2D eigenvalue weighted by atomic mass is 9.98. The van der Waals surface area contributed by atoms with Crippen LogP contribution < -0.4 is 0 Å². The second-order valence-corrected chi connectivity index (χ2v) is 4.29. The first-order chi connectivity index (χ1) is 9.38. The molecule has 1 aromatic carbocycles. The van der Waals surface area contributed by atoms with Gasteiger partial charge in [-0.2, -0.15) is 0 Å². The van der Waals surface area contributed by atoms with E-state index in [0.717, 1.165) is 0 Å². The monoisotopic (exact) mass is 284 g/mol. The van der Waals surface area contributed by atoms with E-state index in [2.05, 4.69) is 4.74 Å². The number of carbonyl (C=O) groups excluding carboxylic acids is 2. The summed E-state index contributed by atoms with van der Waals surface area (Å²) >= 11 is 0. The second-order valence-electron chi connectivity index (χ2n) is 4.29. The Morgan fingerprint density at radius 1 is 1.35 bits per heavy atom. The summed E-state index contributed by atoms with van der Waals surface area (Å²) in [5.74, 6) is -2.07. The Balaban J connectivity index is 2.91. The molecule has 1 aromatic rings. The van der Waals surface area contributed by atoms with Gasteiger partial charge in [0.25, 0.3) is 0 Å². The van der Waals surface area contributed by atoms with Gasteiger partial charge in [0.15, 0.2) is 5.78 Å². The van der Waals surface area contributed by atoms with Crippen LogP contribution in [-0.4, -0.2) is 34.7 Å². The van der Waals surface area contributed by atoms with Gasteiger partial charge in [0.2, 0.25) is 0 Å². The van der Waals surface area contributed by atoms with Crippen LogP contribution in [0, 0.1) is 5.82 Å². The number of carbonyl (C=O) groups is 2. The molecule has 6 heteroatoms. The molecule has 0 aromatic heterocycles. The molecular weight excluding hydrogens is 267 g/mol. The third-order valence-electron chi connectivity index (χ3n) is 2.77. The highest BCUT2D eigenvalue weighted by Crippen LogP contribution is 2.24. The molecule has 2 atom stereocenters. The Bertz CT molecular complexity index is 500. The van der Waals surface area contributed by atoms with Gasteiger partial charge in [0.1, 0.15) is 11.9 Å². The summed E-state index contributed by atoms with van der Waals surface area (Å²) in [4.78, 5) is 22.4. The minimum absolute atomic E-state index is 0.149. The number of aliphatic hydroxyl groups excluding tert-OH is 2. The summed E-state index contributed by atoms with van der Waals surface area (Å²) in [6.07, 6.45) is -3.58. The first-order valence-electron chi connectivity index (χ1n) is 6.19. The van der Waals surface area contributed by atoms with E-state index in [-0.39, 0.29) is 17.7 Å². The van der Waals surface area contributed by atoms with E-state index in [1.807, 2.05) is 0 Å². The van der Waals surface area contributed by atoms with Crippen molar-refractivity contribution in [2.45, 2.75) is 32.5 Å². The van der Waals surface area contributed by atoms with Crippen molar-refractivity contribution in [3.8, 4) is 0 Å². The van der Waals surface area contributed by atoms with Gasteiger partial charge in [-0.1, -0.05) is 12.1 Å². The molecular formula is C14H17FO5. The van der Waals surface area contributed by atoms with E-state index in [1.165, 1.54) is 25.1 Å². The van der Waals surface area contributed by atoms with Crippen LogP contribution in [0.4, 0.5) is 4.39 Å². The zero-order chi connectivity index (χ0) is 15.3. The zero-order valence-corrected chi connectivity index (χ0v) is 11.3. The standard InChI is InChI=1S/C14H17FO5/c1-3-20-12(18)7-11(17)14(19)10-6-4-5-9(8(2)16)13(10)15/h4-6,11,14,17,19H,3,7H2,1-2H3. The summed E-state index contributed by atoms with van der Waals surface area (Å²) in [5, 5.41) is 19.6. The molecule has 20 heavy (non-hydrogen) atoms. The number of halogens is 1. The summed E-state index contributed by atoms with van der Waals surface area (Å²) < 4.78 is 18.6. The van der Waals surface area contributed by atoms with Crippen molar-refractivity contribution in [3.63, 3.8) is 0 Å². The van der Waals surface area contributed by atoms with Crippen molar-refractivity contribution < 1.29 is 28.9 Å². The van der Waals surface area contributed by atoms with Crippen LogP contribution in [0.1, 0.15) is 42.3 Å². The first-order valence-corrected chi connectivity index (χ1v) is 6.19. The largest absolute Gasteiger partial charge is 0.466 e. The van der Waals surface area contributed by atoms with Crippen molar-refractivity contribution in [2.24, 2.45) is 0 Å². The van der Waals surface area contributed by atoms with Crippen LogP contribution in [0.25, 0.3) is 0 Å². The lowest BCUT2D eigenvalue weighted by molar-refractivity contribution is -0.147. The number of esters is 1. The number of hydrogen-bond donors (Lipinski definition) is 2. The Morgan fingerprint density at radius 3 is 2.55 bits per heavy atom. The van der Waals surface area contributed by atoms with Gasteiger partial charge in [-0.25, -0.2) is 4.39 Å². The fourth-order valence-corrected chi connectivity index (χ4v) is 1.76. The summed E-state index contributed by atoms with van der Waals surface area (Å²) in [6.45, 7) is 2.95. The Kier molecular flexibility index (Phi) is 5.79. The van der Waals surface area contributed by atoms with Gasteiger partial charge in [-0.05, 0) is 19.9 Å². The highest BCUT2D eigenvalue weighted by atomic mass is 19.1. The summed E-state index contributed by atoms with van der Waals surface area (Å²) in [5.41, 5.74) is -0.403. The number of ether oxygens (including phenoxy) is 1. The molecule has 0 spiro atoms. The number of aliphatic hydroxyl groups is 2. The minimum Gasteiger partial charge on any atom is -0.466 e. The van der Waals surface area contributed by atoms with E-state index >= 15 is 0 Å². The third kappa shape index (κ3) is 3.85. The second kappa shape index (κ2) is 7.12. The van der Waals surface area contributed by atoms with E-state index in [0.29, 0.717) is 0 Å². The van der Waals surface area contributed by atoms with Crippen molar-refractivity contribution in [1.82, 2.24) is 0 Å². The van der Waals surface area contributed by atoms with Gasteiger partial charge in [0, 0.05) is 5.56 Å². The molecule has 0 amide bonds. The molecule has 0 aliphatic carbocycles. The smallest absolute Gasteiger partial charge is 0.308 e. The van der Waals surface area contributed by atoms with E-state index in [4.69, 9.17) is 0 Å². The average molecular weight is 284 g/mol. The van der Waals surface area contributed by atoms with Crippen LogP contribution in [0.2, 0.25) is 0 Å². The van der Waals surface area contributed by atoms with Crippen LogP contribution in [0.5, 0.6) is 0 Å². The molecule has 0 radical (unpaired) electrons. The summed E-state index contributed by atoms with van der Waals surface area (Å²) in [7, 11) is 0. The zero-order valence-electron chi connectivity index (χ0n) is 11.3. The van der Waals surface area contributed by atoms with Crippen LogP contribution >= 0.6 is 0 Å². The number of benzene rings is 1. The van der Waals surface area contributed by atoms with Crippen molar-refractivity contribution in [1.29, 1.82) is 0 Å². The number of ketones is 1. The molecule has 110 valence electrons. The van der Waals surface area contributed by atoms with E-state index in [1.54, 1.807) is 6.92 Å². The normalized spacial score (nSPS) is 13.7. The maximum absolute atomic E-state index is 14.0. The SMILES string of the molecule is CCOC(=O)CC(O)C(O)c1cccc(C(C)=O)c1F. The third-order valence-corrected chi connectivity index (χ3v) is 2.77. The van der Waals surface area contributed by atoms with E-state index < -0.39 is 36.2 Å². The van der Waals surface area contributed by atoms with E-state index in [9.17, 15) is 24.2 Å². The molecule has 0 heterocycles. The predicted octanol–water partition coefficient (Wildman–Crippen LogP) is 1.38. The average Bonchev–Trinajstić information content (AvgIpc) is 2.38. The number of Topliss-reactive ketones (excluding diaryl/α,β-unsaturated/α-hetero) is 1. The molecule has 0 bridgehead atoms. The van der Waals surface area contributed by atoms with Gasteiger partial charge in [0.05, 0.1) is 24.7 Å². The summed E-state index contributed by atoms with van der Waals surface area (Å²) in [6, 6.07) is 3.93. The van der Waals surface area contributed by atoms with Crippen molar-refractivity contribution in [2.75, 3.05) is 6.61 Å². The van der Waals surface area contributed by atoms with Gasteiger partial charge in [-0.15, -0.1) is 0 Å². The van der Waals surface area contributed by atoms with Gasteiger partial charge < -0.3 is 14.9 Å². The fourth-order valence-electron chi connectivity index (χ4n) is 1.76. The molecule has 0 aliphatic rings. The highest BCUT2D eigenvalue weighted by molar-refractivity contribution is 5.94. The van der Waals surface area contributed by atoms with Crippen molar-refractivity contribution in [3.05, 3.63) is 35.1 Å². The lowest BCUT2D eigenvalue weighted by Crippen LogP contribution is -2.24. The lowest BCUT2D eigenvalue weighted by Gasteiger charge is -2.18. The molecule has 2 N–H and O–H groups in total. The molecule has 0 fully saturated rings. The van der Waals surface area contributed by atoms with Crippen molar-refractivity contribution >= 4 is 11.8 Å². The molecule has 5 nitrogen and oxygen atoms in total. The number of rotatable bonds is 6. The van der Waals surface area contributed by atoms with Gasteiger partial charge in [-0.3, -0.25) is 9.59 Å². The van der Waals surface area contributed by atoms with Crippen LogP contribution in [0.3, 0.4) is 0 Å². The quantitative estimate of drug-likeness (QED) is 0.609. The van der Waals surface area contributed by atoms with Crippen LogP contribution in [-0.2, 0) is 9.53 Å². The molecule has 1 rings (SSSR count). The van der Waals surface area contributed by atoms with Crippen LogP contribution in [0.15, 0.2) is 18.2 Å². The molecule has 0 saturated heterocycles. The van der Waals surface area contributed by atoms with Gasteiger partial charge >= 0.3 is 5.97 Å². The predicted molar refractivity (Wildman–Crippen MR) is 68.6 cm³/mol. The Hall–Kier alpha value is -1.79. The molecule has 0 aliphatic heterocycles. The molecule has 2 unspecified atom stereocenters. The maximum Gasteiger partial charge on any atom is 0.308 e. The minimum atomic E-state index is -1.61. The molecule has 0 saturated carbocycles. The highest BCUT2D eigenvalue weighted by Gasteiger charge is 2.26.